The van der Waals surface area contributed by atoms with Crippen LogP contribution in [0.4, 0.5) is 0 Å². The molecular weight excluding hydrogens is 454 g/mol. The molecule has 0 N–H and O–H groups in total. The zero-order valence-electron chi connectivity index (χ0n) is 17.4. The minimum Gasteiger partial charge on any atom is -0.497 e. The molecule has 1 atom stereocenters. The van der Waals surface area contributed by atoms with Gasteiger partial charge >= 0.3 is 0 Å². The molecule has 0 aliphatic carbocycles. The number of ether oxygens (including phenoxy) is 1. The number of amides is 1. The number of halogens is 1. The lowest BCUT2D eigenvalue weighted by atomic mass is 10.2. The van der Waals surface area contributed by atoms with Crippen LogP contribution < -0.4 is 4.74 Å². The average Bonchev–Trinajstić information content (AvgIpc) is 3.48. The van der Waals surface area contributed by atoms with E-state index in [1.54, 1.807) is 41.3 Å². The summed E-state index contributed by atoms with van der Waals surface area (Å²) in [5, 5.41) is 4.63. The van der Waals surface area contributed by atoms with E-state index in [4.69, 9.17) is 20.9 Å². The van der Waals surface area contributed by atoms with Crippen LogP contribution in [-0.4, -0.2) is 48.8 Å². The molecule has 1 fully saturated rings. The van der Waals surface area contributed by atoms with Crippen molar-refractivity contribution in [1.29, 1.82) is 0 Å². The number of hydrogen-bond donors (Lipinski definition) is 0. The topological polar surface area (TPSA) is 103 Å². The van der Waals surface area contributed by atoms with Gasteiger partial charge in [0.1, 0.15) is 11.8 Å². The van der Waals surface area contributed by atoms with Crippen molar-refractivity contribution in [1.82, 2.24) is 15.0 Å². The highest BCUT2D eigenvalue weighted by Gasteiger charge is 2.34. The Morgan fingerprint density at radius 3 is 2.59 bits per heavy atom. The van der Waals surface area contributed by atoms with Crippen molar-refractivity contribution in [3.63, 3.8) is 0 Å². The first-order chi connectivity index (χ1) is 15.4. The molecule has 0 radical (unpaired) electrons. The third-order valence-corrected chi connectivity index (χ3v) is 7.39. The lowest BCUT2D eigenvalue weighted by Crippen LogP contribution is -2.32. The van der Waals surface area contributed by atoms with Crippen molar-refractivity contribution < 1.29 is 22.5 Å². The van der Waals surface area contributed by atoms with Crippen LogP contribution in [0.15, 0.2) is 57.9 Å². The summed E-state index contributed by atoms with van der Waals surface area (Å²) in [6, 6.07) is 12.8. The van der Waals surface area contributed by atoms with Crippen LogP contribution in [0.25, 0.3) is 11.4 Å². The standard InChI is InChI=1S/C22H22ClN3O5S/c1-30-17-8-10-18(11-9-17)32(28,29)14-12-20(27)26-13-2-3-19(26)22-24-21(25-31-22)15-4-6-16(23)7-5-15/h4-11,19H,2-3,12-14H2,1H3. The zero-order valence-corrected chi connectivity index (χ0v) is 19.0. The van der Waals surface area contributed by atoms with Crippen LogP contribution in [0.2, 0.25) is 5.02 Å². The number of nitrogens with zero attached hydrogens (tertiary/aromatic N) is 3. The highest BCUT2D eigenvalue weighted by Crippen LogP contribution is 2.33. The van der Waals surface area contributed by atoms with E-state index in [1.807, 2.05) is 0 Å². The first kappa shape index (κ1) is 22.3. The molecule has 2 heterocycles. The molecule has 1 aliphatic rings. The second-order valence-corrected chi connectivity index (χ2v) is 10.00. The number of rotatable bonds is 7. The van der Waals surface area contributed by atoms with Gasteiger partial charge in [0.2, 0.25) is 17.6 Å². The van der Waals surface area contributed by atoms with Crippen LogP contribution in [0.3, 0.4) is 0 Å². The van der Waals surface area contributed by atoms with Crippen molar-refractivity contribution in [2.24, 2.45) is 0 Å². The number of benzene rings is 2. The molecule has 10 heteroatoms. The molecular formula is C22H22ClN3O5S. The Labute approximate surface area is 191 Å². The van der Waals surface area contributed by atoms with E-state index < -0.39 is 9.84 Å². The molecule has 0 saturated carbocycles. The second-order valence-electron chi connectivity index (χ2n) is 7.45. The molecule has 1 unspecified atom stereocenters. The lowest BCUT2D eigenvalue weighted by Gasteiger charge is -2.21. The molecule has 1 saturated heterocycles. The summed E-state index contributed by atoms with van der Waals surface area (Å²) in [5.74, 6) is 0.798. The molecule has 1 aromatic heterocycles. The SMILES string of the molecule is COc1ccc(S(=O)(=O)CCC(=O)N2CCCC2c2nc(-c3ccc(Cl)cc3)no2)cc1. The van der Waals surface area contributed by atoms with Crippen LogP contribution in [0.1, 0.15) is 31.2 Å². The molecule has 1 aliphatic heterocycles. The van der Waals surface area contributed by atoms with Crippen LogP contribution >= 0.6 is 11.6 Å². The average molecular weight is 476 g/mol. The van der Waals surface area contributed by atoms with Crippen molar-refractivity contribution >= 4 is 27.3 Å². The number of carbonyl (C=O) groups is 1. The van der Waals surface area contributed by atoms with Crippen molar-refractivity contribution in [2.75, 3.05) is 19.4 Å². The Balaban J connectivity index is 1.43. The molecule has 168 valence electrons. The minimum absolute atomic E-state index is 0.122. The Kier molecular flexibility index (Phi) is 6.48. The Bertz CT molecular complexity index is 1190. The van der Waals surface area contributed by atoms with Gasteiger partial charge in [0, 0.05) is 23.6 Å². The summed E-state index contributed by atoms with van der Waals surface area (Å²) in [7, 11) is -2.08. The fraction of sp³-hybridized carbons (Fsp3) is 0.318. The zero-order chi connectivity index (χ0) is 22.7. The van der Waals surface area contributed by atoms with Gasteiger partial charge in [-0.05, 0) is 61.4 Å². The van der Waals surface area contributed by atoms with E-state index in [1.165, 1.54) is 19.2 Å². The van der Waals surface area contributed by atoms with E-state index in [0.717, 1.165) is 12.0 Å². The molecule has 0 spiro atoms. The molecule has 32 heavy (non-hydrogen) atoms. The summed E-state index contributed by atoms with van der Waals surface area (Å²) in [6.07, 6.45) is 1.34. The number of carbonyl (C=O) groups excluding carboxylic acids is 1. The van der Waals surface area contributed by atoms with Crippen LogP contribution in [-0.2, 0) is 14.6 Å². The van der Waals surface area contributed by atoms with Gasteiger partial charge in [-0.2, -0.15) is 4.98 Å². The van der Waals surface area contributed by atoms with Gasteiger partial charge in [-0.1, -0.05) is 16.8 Å². The number of methoxy groups -OCH3 is 1. The maximum atomic E-state index is 12.9. The van der Waals surface area contributed by atoms with Gasteiger partial charge < -0.3 is 14.2 Å². The minimum atomic E-state index is -3.59. The van der Waals surface area contributed by atoms with E-state index in [-0.39, 0.29) is 29.0 Å². The monoisotopic (exact) mass is 475 g/mol. The van der Waals surface area contributed by atoms with Gasteiger partial charge in [-0.15, -0.1) is 0 Å². The summed E-state index contributed by atoms with van der Waals surface area (Å²) in [5.41, 5.74) is 0.755. The second kappa shape index (κ2) is 9.30. The van der Waals surface area contributed by atoms with Crippen LogP contribution in [0.5, 0.6) is 5.75 Å². The Hall–Kier alpha value is -2.91. The van der Waals surface area contributed by atoms with Gasteiger partial charge in [-0.3, -0.25) is 4.79 Å². The maximum Gasteiger partial charge on any atom is 0.249 e. The molecule has 0 bridgehead atoms. The number of sulfone groups is 1. The molecule has 1 amide bonds. The van der Waals surface area contributed by atoms with E-state index in [9.17, 15) is 13.2 Å². The van der Waals surface area contributed by atoms with Crippen molar-refractivity contribution in [3.05, 3.63) is 59.4 Å². The first-order valence-corrected chi connectivity index (χ1v) is 12.2. The third-order valence-electron chi connectivity index (χ3n) is 5.41. The molecule has 2 aromatic carbocycles. The van der Waals surface area contributed by atoms with Gasteiger partial charge in [0.15, 0.2) is 9.84 Å². The summed E-state index contributed by atoms with van der Waals surface area (Å²) in [4.78, 5) is 19.1. The summed E-state index contributed by atoms with van der Waals surface area (Å²) < 4.78 is 35.7. The Morgan fingerprint density at radius 1 is 1.19 bits per heavy atom. The van der Waals surface area contributed by atoms with E-state index >= 15 is 0 Å². The van der Waals surface area contributed by atoms with E-state index in [2.05, 4.69) is 10.1 Å². The first-order valence-electron chi connectivity index (χ1n) is 10.1. The fourth-order valence-electron chi connectivity index (χ4n) is 3.67. The largest absolute Gasteiger partial charge is 0.497 e. The molecule has 8 nitrogen and oxygen atoms in total. The smallest absolute Gasteiger partial charge is 0.249 e. The molecule has 3 aromatic rings. The van der Waals surface area contributed by atoms with Crippen LogP contribution in [0, 0.1) is 0 Å². The number of aromatic nitrogens is 2. The molecule has 4 rings (SSSR count). The quantitative estimate of drug-likeness (QED) is 0.510. The van der Waals surface area contributed by atoms with Gasteiger partial charge in [0.05, 0.1) is 17.8 Å². The highest BCUT2D eigenvalue weighted by molar-refractivity contribution is 7.91. The van der Waals surface area contributed by atoms with Crippen molar-refractivity contribution in [2.45, 2.75) is 30.2 Å². The highest BCUT2D eigenvalue weighted by atomic mass is 35.5. The predicted molar refractivity (Wildman–Crippen MR) is 118 cm³/mol. The normalized spacial score (nSPS) is 16.3. The lowest BCUT2D eigenvalue weighted by molar-refractivity contribution is -0.132. The predicted octanol–water partition coefficient (Wildman–Crippen LogP) is 3.93. The van der Waals surface area contributed by atoms with Gasteiger partial charge in [-0.25, -0.2) is 8.42 Å². The fourth-order valence-corrected chi connectivity index (χ4v) is 5.03. The summed E-state index contributed by atoms with van der Waals surface area (Å²) >= 11 is 5.92. The number of hydrogen-bond acceptors (Lipinski definition) is 7. The maximum absolute atomic E-state index is 12.9. The van der Waals surface area contributed by atoms with E-state index in [0.29, 0.717) is 35.5 Å². The van der Waals surface area contributed by atoms with Gasteiger partial charge in [0.25, 0.3) is 0 Å². The number of likely N-dealkylation sites (tertiary alicyclic amines) is 1. The third kappa shape index (κ3) is 4.78. The Morgan fingerprint density at radius 2 is 1.91 bits per heavy atom. The van der Waals surface area contributed by atoms with Crippen molar-refractivity contribution in [3.8, 4) is 17.1 Å². The summed E-state index contributed by atoms with van der Waals surface area (Å²) in [6.45, 7) is 0.519.